The largest absolute Gasteiger partial charge is 0.484 e. The number of nitro groups is 1. The molecule has 2 aromatic rings. The highest BCUT2D eigenvalue weighted by Crippen LogP contribution is 2.44. The molecule has 8 nitrogen and oxygen atoms in total. The molecule has 0 unspecified atom stereocenters. The summed E-state index contributed by atoms with van der Waals surface area (Å²) < 4.78 is 19.0. The van der Waals surface area contributed by atoms with Crippen molar-refractivity contribution in [3.05, 3.63) is 63.5 Å². The lowest BCUT2D eigenvalue weighted by atomic mass is 9.86. The van der Waals surface area contributed by atoms with E-state index in [1.165, 1.54) is 24.3 Å². The van der Waals surface area contributed by atoms with Crippen LogP contribution in [0.2, 0.25) is 0 Å². The van der Waals surface area contributed by atoms with Crippen molar-refractivity contribution in [2.24, 2.45) is 5.92 Å². The first-order valence-electron chi connectivity index (χ1n) is 10.5. The second-order valence-electron chi connectivity index (χ2n) is 8.77. The Morgan fingerprint density at radius 3 is 2.48 bits per heavy atom. The number of rotatable bonds is 7. The summed E-state index contributed by atoms with van der Waals surface area (Å²) in [6.07, 6.45) is -0.373. The fraction of sp³-hybridized carbons (Fsp3) is 0.435. The Kier molecular flexibility index (Phi) is 8.40. The smallest absolute Gasteiger partial charge is 0.296 e. The third kappa shape index (κ3) is 5.98. The molecule has 180 valence electrons. The number of aliphatic hydroxyl groups is 1. The summed E-state index contributed by atoms with van der Waals surface area (Å²) in [4.78, 5) is 23.3. The number of amides is 1. The summed E-state index contributed by atoms with van der Waals surface area (Å²) in [6.45, 7) is 7.25. The van der Waals surface area contributed by atoms with Gasteiger partial charge in [-0.05, 0) is 50.6 Å². The fourth-order valence-corrected chi connectivity index (χ4v) is 3.61. The first kappa shape index (κ1) is 26.5. The van der Waals surface area contributed by atoms with Crippen molar-refractivity contribution in [2.75, 3.05) is 11.9 Å². The highest BCUT2D eigenvalue weighted by molar-refractivity contribution is 5.94. The molecule has 0 aromatic heterocycles. The van der Waals surface area contributed by atoms with E-state index < -0.39 is 22.7 Å². The Balaban J connectivity index is 0.00000385. The minimum absolute atomic E-state index is 0. The van der Waals surface area contributed by atoms with Gasteiger partial charge in [0.05, 0.1) is 17.0 Å². The van der Waals surface area contributed by atoms with E-state index in [9.17, 15) is 24.4 Å². The number of aliphatic hydroxyl groups excluding tert-OH is 1. The van der Waals surface area contributed by atoms with Gasteiger partial charge in [0.2, 0.25) is 5.91 Å². The number of carbonyl (C=O) groups excluding carboxylic acids is 1. The van der Waals surface area contributed by atoms with Crippen molar-refractivity contribution in [1.29, 1.82) is 0 Å². The van der Waals surface area contributed by atoms with Gasteiger partial charge in [-0.25, -0.2) is 4.39 Å². The molecule has 1 amide bonds. The van der Waals surface area contributed by atoms with Crippen molar-refractivity contribution in [3.8, 4) is 5.75 Å². The van der Waals surface area contributed by atoms with E-state index in [0.29, 0.717) is 18.5 Å². The highest BCUT2D eigenvalue weighted by atomic mass is 35.5. The molecule has 3 rings (SSSR count). The molecule has 10 heteroatoms. The number of benzene rings is 2. The number of nitrogens with one attached hydrogen (secondary N) is 2. The van der Waals surface area contributed by atoms with Crippen LogP contribution in [-0.4, -0.2) is 34.2 Å². The van der Waals surface area contributed by atoms with Crippen molar-refractivity contribution < 1.29 is 24.0 Å². The van der Waals surface area contributed by atoms with E-state index in [0.717, 1.165) is 5.56 Å². The molecule has 0 radical (unpaired) electrons. The molecule has 33 heavy (non-hydrogen) atoms. The maximum Gasteiger partial charge on any atom is 0.296 e. The Morgan fingerprint density at radius 2 is 1.91 bits per heavy atom. The minimum atomic E-state index is -1.00. The Bertz CT molecular complexity index is 1010. The second-order valence-corrected chi connectivity index (χ2v) is 8.77. The molecule has 1 aliphatic rings. The van der Waals surface area contributed by atoms with Crippen molar-refractivity contribution in [3.63, 3.8) is 0 Å². The van der Waals surface area contributed by atoms with Gasteiger partial charge in [-0.2, -0.15) is 0 Å². The molecule has 3 N–H and O–H groups in total. The summed E-state index contributed by atoms with van der Waals surface area (Å²) in [5.41, 5.74) is 0.203. The normalized spacial score (nSPS) is 18.6. The van der Waals surface area contributed by atoms with Crippen LogP contribution in [0.25, 0.3) is 0 Å². The average molecular weight is 482 g/mol. The number of carbonyl (C=O) groups is 1. The zero-order valence-electron chi connectivity index (χ0n) is 18.9. The summed E-state index contributed by atoms with van der Waals surface area (Å²) in [5, 5.41) is 28.5. The lowest BCUT2D eigenvalue weighted by Crippen LogP contribution is -2.52. The maximum absolute atomic E-state index is 13.1. The Labute approximate surface area is 198 Å². The molecular weight excluding hydrogens is 453 g/mol. The van der Waals surface area contributed by atoms with Crippen molar-refractivity contribution in [1.82, 2.24) is 5.32 Å². The number of ether oxygens (including phenoxy) is 1. The molecule has 0 spiro atoms. The highest BCUT2D eigenvalue weighted by Gasteiger charge is 2.44. The van der Waals surface area contributed by atoms with Gasteiger partial charge < -0.3 is 20.5 Å². The second kappa shape index (κ2) is 10.5. The molecule has 2 aromatic carbocycles. The molecule has 1 aliphatic heterocycles. The quantitative estimate of drug-likeness (QED) is 0.404. The fourth-order valence-electron chi connectivity index (χ4n) is 3.61. The molecule has 0 saturated carbocycles. The zero-order chi connectivity index (χ0) is 23.6. The predicted octanol–water partition coefficient (Wildman–Crippen LogP) is 4.16. The van der Waals surface area contributed by atoms with E-state index in [1.807, 2.05) is 0 Å². The van der Waals surface area contributed by atoms with Gasteiger partial charge in [-0.3, -0.25) is 14.9 Å². The number of halogens is 2. The van der Waals surface area contributed by atoms with Crippen LogP contribution in [0, 0.1) is 21.8 Å². The Morgan fingerprint density at radius 1 is 1.27 bits per heavy atom. The van der Waals surface area contributed by atoms with Crippen LogP contribution >= 0.6 is 12.4 Å². The summed E-state index contributed by atoms with van der Waals surface area (Å²) >= 11 is 0. The van der Waals surface area contributed by atoms with Crippen LogP contribution in [-0.2, 0) is 11.2 Å². The molecule has 0 aliphatic carbocycles. The van der Waals surface area contributed by atoms with E-state index in [-0.39, 0.29) is 47.2 Å². The topological polar surface area (TPSA) is 114 Å². The number of nitrogens with zero attached hydrogens (tertiary/aromatic N) is 1. The number of fused-ring (bicyclic) bond motifs is 1. The predicted molar refractivity (Wildman–Crippen MR) is 125 cm³/mol. The number of hydrogen-bond acceptors (Lipinski definition) is 6. The average Bonchev–Trinajstić information content (AvgIpc) is 2.71. The Hall–Kier alpha value is -2.75. The van der Waals surface area contributed by atoms with Crippen LogP contribution in [0.1, 0.15) is 44.9 Å². The van der Waals surface area contributed by atoms with E-state index >= 15 is 0 Å². The summed E-state index contributed by atoms with van der Waals surface area (Å²) in [6, 6.07) is 8.34. The van der Waals surface area contributed by atoms with Gasteiger partial charge in [-0.15, -0.1) is 12.4 Å². The molecule has 0 fully saturated rings. The summed E-state index contributed by atoms with van der Waals surface area (Å²) in [7, 11) is 0. The van der Waals surface area contributed by atoms with Crippen LogP contribution in [0.15, 0.2) is 36.4 Å². The van der Waals surface area contributed by atoms with Crippen molar-refractivity contribution in [2.45, 2.75) is 51.9 Å². The van der Waals surface area contributed by atoms with Gasteiger partial charge in [0.25, 0.3) is 5.69 Å². The van der Waals surface area contributed by atoms with Gasteiger partial charge in [0.15, 0.2) is 0 Å². The standard InChI is InChI=1S/C23H28FN3O5.ClH/c1-13(2)22(29)26-17-11-16-19(12-18(17)27(30)31)32-23(3,4)21(28)20(16)25-10-9-14-5-7-15(24)8-6-14;/h5-8,11-13,20-21,25,28H,9-10H2,1-4H3,(H,26,29);1H/t20-,21+;/m1./s1. The SMILES string of the molecule is CC(C)C(=O)Nc1cc2c(cc1[N+](=O)[O-])OC(C)(C)[C@@H](O)[C@@H]2NCCc1ccc(F)cc1.Cl. The minimum Gasteiger partial charge on any atom is -0.484 e. The van der Waals surface area contributed by atoms with Gasteiger partial charge in [-0.1, -0.05) is 26.0 Å². The van der Waals surface area contributed by atoms with Crippen LogP contribution < -0.4 is 15.4 Å². The third-order valence-electron chi connectivity index (χ3n) is 5.53. The first-order chi connectivity index (χ1) is 15.0. The third-order valence-corrected chi connectivity index (χ3v) is 5.53. The lowest BCUT2D eigenvalue weighted by molar-refractivity contribution is -0.384. The molecule has 0 bridgehead atoms. The van der Waals surface area contributed by atoms with E-state index in [4.69, 9.17) is 4.74 Å². The van der Waals surface area contributed by atoms with Crippen LogP contribution in [0.3, 0.4) is 0 Å². The van der Waals surface area contributed by atoms with Gasteiger partial charge in [0, 0.05) is 11.5 Å². The lowest BCUT2D eigenvalue weighted by Gasteiger charge is -2.42. The van der Waals surface area contributed by atoms with Crippen LogP contribution in [0.4, 0.5) is 15.8 Å². The van der Waals surface area contributed by atoms with Crippen molar-refractivity contribution >= 4 is 29.7 Å². The molecule has 0 saturated heterocycles. The van der Waals surface area contributed by atoms with E-state index in [1.54, 1.807) is 39.8 Å². The number of hydrogen-bond donors (Lipinski definition) is 3. The number of anilines is 1. The van der Waals surface area contributed by atoms with E-state index in [2.05, 4.69) is 10.6 Å². The maximum atomic E-state index is 13.1. The number of nitro benzene ring substituents is 1. The summed E-state index contributed by atoms with van der Waals surface area (Å²) in [5.74, 6) is -0.758. The monoisotopic (exact) mass is 481 g/mol. The van der Waals surface area contributed by atoms with Gasteiger partial charge in [0.1, 0.15) is 29.0 Å². The first-order valence-corrected chi connectivity index (χ1v) is 10.5. The zero-order valence-corrected chi connectivity index (χ0v) is 19.7. The van der Waals surface area contributed by atoms with Crippen LogP contribution in [0.5, 0.6) is 5.75 Å². The molecule has 1 heterocycles. The molecule has 2 atom stereocenters. The molecular formula is C23H29ClFN3O5. The van der Waals surface area contributed by atoms with Gasteiger partial charge >= 0.3 is 0 Å².